The molecule has 0 aliphatic carbocycles. The van der Waals surface area contributed by atoms with Crippen LogP contribution in [0.15, 0.2) is 30.3 Å². The van der Waals surface area contributed by atoms with Gasteiger partial charge in [0.2, 0.25) is 11.8 Å². The third-order valence-corrected chi connectivity index (χ3v) is 6.08. The summed E-state index contributed by atoms with van der Waals surface area (Å²) < 4.78 is 0. The Balaban J connectivity index is 1.52. The molecule has 154 valence electrons. The van der Waals surface area contributed by atoms with Crippen LogP contribution in [0.4, 0.5) is 0 Å². The largest absolute Gasteiger partial charge is 0.339 e. The van der Waals surface area contributed by atoms with Crippen LogP contribution in [-0.2, 0) is 16.1 Å². The predicted molar refractivity (Wildman–Crippen MR) is 111 cm³/mol. The number of benzene rings is 1. The zero-order valence-corrected chi connectivity index (χ0v) is 17.6. The fourth-order valence-electron chi connectivity index (χ4n) is 4.10. The van der Waals surface area contributed by atoms with Crippen LogP contribution in [0.25, 0.3) is 0 Å². The molecular weight excluding hydrogens is 352 g/mol. The molecule has 6 heteroatoms. The average Bonchev–Trinajstić information content (AvgIpc) is 2.74. The molecule has 1 aromatic rings. The second kappa shape index (κ2) is 9.05. The molecule has 0 spiro atoms. The first-order valence-electron chi connectivity index (χ1n) is 10.5. The van der Waals surface area contributed by atoms with Crippen molar-refractivity contribution >= 4 is 11.8 Å². The van der Waals surface area contributed by atoms with E-state index in [1.54, 1.807) is 13.8 Å². The number of piperazine rings is 2. The van der Waals surface area contributed by atoms with Crippen molar-refractivity contribution in [3.63, 3.8) is 0 Å². The topological polar surface area (TPSA) is 47.1 Å². The lowest BCUT2D eigenvalue weighted by Gasteiger charge is -2.41. The number of carbonyl (C=O) groups is 2. The normalized spacial score (nSPS) is 19.7. The third-order valence-electron chi connectivity index (χ3n) is 6.08. The van der Waals surface area contributed by atoms with Crippen molar-refractivity contribution < 1.29 is 9.59 Å². The van der Waals surface area contributed by atoms with Crippen molar-refractivity contribution in [1.82, 2.24) is 19.6 Å². The van der Waals surface area contributed by atoms with Gasteiger partial charge in [-0.1, -0.05) is 37.3 Å². The van der Waals surface area contributed by atoms with Crippen LogP contribution in [0, 0.1) is 5.41 Å². The van der Waals surface area contributed by atoms with E-state index in [1.165, 1.54) is 5.56 Å². The number of rotatable bonds is 5. The highest BCUT2D eigenvalue weighted by Crippen LogP contribution is 2.24. The smallest absolute Gasteiger partial charge is 0.237 e. The van der Waals surface area contributed by atoms with Crippen LogP contribution in [0.3, 0.4) is 0 Å². The number of carbonyl (C=O) groups excluding carboxylic acids is 2. The van der Waals surface area contributed by atoms with Crippen molar-refractivity contribution in [2.75, 3.05) is 58.9 Å². The van der Waals surface area contributed by atoms with Gasteiger partial charge in [0.1, 0.15) is 5.41 Å². The van der Waals surface area contributed by atoms with Gasteiger partial charge in [0, 0.05) is 58.9 Å². The van der Waals surface area contributed by atoms with E-state index in [0.29, 0.717) is 26.2 Å². The summed E-state index contributed by atoms with van der Waals surface area (Å²) in [5.74, 6) is -0.0604. The maximum atomic E-state index is 13.1. The third kappa shape index (κ3) is 4.73. The summed E-state index contributed by atoms with van der Waals surface area (Å²) in [4.78, 5) is 34.7. The van der Waals surface area contributed by atoms with E-state index in [-0.39, 0.29) is 11.8 Å². The monoisotopic (exact) mass is 386 g/mol. The van der Waals surface area contributed by atoms with Gasteiger partial charge in [-0.15, -0.1) is 0 Å². The van der Waals surface area contributed by atoms with Gasteiger partial charge in [-0.3, -0.25) is 14.5 Å². The molecule has 0 bridgehead atoms. The highest BCUT2D eigenvalue weighted by molar-refractivity contribution is 6.04. The molecule has 28 heavy (non-hydrogen) atoms. The maximum absolute atomic E-state index is 13.1. The molecule has 2 amide bonds. The Hall–Kier alpha value is -1.92. The summed E-state index contributed by atoms with van der Waals surface area (Å²) in [5, 5.41) is 0. The van der Waals surface area contributed by atoms with E-state index in [2.05, 4.69) is 41.0 Å². The highest BCUT2D eigenvalue weighted by atomic mass is 16.2. The number of amides is 2. The van der Waals surface area contributed by atoms with Gasteiger partial charge in [-0.25, -0.2) is 0 Å². The molecule has 0 aromatic heterocycles. The minimum atomic E-state index is -0.990. The Bertz CT molecular complexity index is 660. The Morgan fingerprint density at radius 3 is 1.71 bits per heavy atom. The van der Waals surface area contributed by atoms with Crippen LogP contribution < -0.4 is 0 Å². The first-order valence-corrected chi connectivity index (χ1v) is 10.5. The molecule has 0 radical (unpaired) electrons. The highest BCUT2D eigenvalue weighted by Gasteiger charge is 2.42. The first kappa shape index (κ1) is 20.8. The van der Waals surface area contributed by atoms with Gasteiger partial charge in [0.25, 0.3) is 0 Å². The predicted octanol–water partition coefficient (Wildman–Crippen LogP) is 1.52. The molecule has 6 nitrogen and oxygen atoms in total. The van der Waals surface area contributed by atoms with Gasteiger partial charge >= 0.3 is 0 Å². The molecule has 0 N–H and O–H groups in total. The molecule has 2 fully saturated rings. The number of hydrogen-bond donors (Lipinski definition) is 0. The molecule has 2 saturated heterocycles. The standard InChI is InChI=1S/C22H34N4O2/c1-4-23-10-14-25(15-11-23)20(27)22(2,3)21(28)26-16-12-24(13-17-26)18-19-8-6-5-7-9-19/h5-9H,4,10-18H2,1-3H3. The number of hydrogen-bond acceptors (Lipinski definition) is 4. The fourth-order valence-corrected chi connectivity index (χ4v) is 4.10. The van der Waals surface area contributed by atoms with E-state index in [0.717, 1.165) is 39.3 Å². The lowest BCUT2D eigenvalue weighted by atomic mass is 9.89. The number of nitrogens with zero attached hydrogens (tertiary/aromatic N) is 4. The van der Waals surface area contributed by atoms with Gasteiger partial charge in [-0.05, 0) is 26.0 Å². The Morgan fingerprint density at radius 1 is 0.786 bits per heavy atom. The molecule has 0 saturated carbocycles. The second-order valence-corrected chi connectivity index (χ2v) is 8.41. The minimum Gasteiger partial charge on any atom is -0.339 e. The van der Waals surface area contributed by atoms with Crippen molar-refractivity contribution in [3.8, 4) is 0 Å². The summed E-state index contributed by atoms with van der Waals surface area (Å²) in [6.45, 7) is 13.9. The molecule has 2 heterocycles. The van der Waals surface area contributed by atoms with E-state index in [9.17, 15) is 9.59 Å². The first-order chi connectivity index (χ1) is 13.4. The van der Waals surface area contributed by atoms with Gasteiger partial charge in [-0.2, -0.15) is 0 Å². The maximum Gasteiger partial charge on any atom is 0.237 e. The second-order valence-electron chi connectivity index (χ2n) is 8.41. The van der Waals surface area contributed by atoms with E-state index in [1.807, 2.05) is 15.9 Å². The molecule has 2 aliphatic rings. The minimum absolute atomic E-state index is 0.0278. The summed E-state index contributed by atoms with van der Waals surface area (Å²) in [5.41, 5.74) is 0.305. The molecule has 3 rings (SSSR count). The van der Waals surface area contributed by atoms with E-state index >= 15 is 0 Å². The van der Waals surface area contributed by atoms with E-state index in [4.69, 9.17) is 0 Å². The molecule has 0 unspecified atom stereocenters. The van der Waals surface area contributed by atoms with Crippen molar-refractivity contribution in [2.24, 2.45) is 5.41 Å². The van der Waals surface area contributed by atoms with Gasteiger partial charge < -0.3 is 14.7 Å². The summed E-state index contributed by atoms with van der Waals surface area (Å²) in [6, 6.07) is 10.4. The molecule has 0 atom stereocenters. The SMILES string of the molecule is CCN1CCN(C(=O)C(C)(C)C(=O)N2CCN(Cc3ccccc3)CC2)CC1. The van der Waals surface area contributed by atoms with Crippen molar-refractivity contribution in [2.45, 2.75) is 27.3 Å². The fraction of sp³-hybridized carbons (Fsp3) is 0.636. The molecule has 1 aromatic carbocycles. The average molecular weight is 387 g/mol. The summed E-state index contributed by atoms with van der Waals surface area (Å²) in [7, 11) is 0. The van der Waals surface area contributed by atoms with Crippen LogP contribution in [0.1, 0.15) is 26.3 Å². The van der Waals surface area contributed by atoms with Crippen LogP contribution in [-0.4, -0.2) is 90.3 Å². The van der Waals surface area contributed by atoms with Crippen LogP contribution in [0.5, 0.6) is 0 Å². The zero-order valence-electron chi connectivity index (χ0n) is 17.6. The van der Waals surface area contributed by atoms with Crippen LogP contribution in [0.2, 0.25) is 0 Å². The summed E-state index contributed by atoms with van der Waals surface area (Å²) in [6.07, 6.45) is 0. The van der Waals surface area contributed by atoms with Gasteiger partial charge in [0.15, 0.2) is 0 Å². The van der Waals surface area contributed by atoms with Crippen molar-refractivity contribution in [1.29, 1.82) is 0 Å². The lowest BCUT2D eigenvalue weighted by molar-refractivity contribution is -0.156. The quantitative estimate of drug-likeness (QED) is 0.720. The van der Waals surface area contributed by atoms with Crippen molar-refractivity contribution in [3.05, 3.63) is 35.9 Å². The van der Waals surface area contributed by atoms with Gasteiger partial charge in [0.05, 0.1) is 0 Å². The Morgan fingerprint density at radius 2 is 1.25 bits per heavy atom. The Kier molecular flexibility index (Phi) is 6.73. The lowest BCUT2D eigenvalue weighted by Crippen LogP contribution is -2.58. The number of likely N-dealkylation sites (N-methyl/N-ethyl adjacent to an activating group) is 1. The Labute approximate surface area is 169 Å². The van der Waals surface area contributed by atoms with E-state index < -0.39 is 5.41 Å². The summed E-state index contributed by atoms with van der Waals surface area (Å²) >= 11 is 0. The van der Waals surface area contributed by atoms with Crippen LogP contribution >= 0.6 is 0 Å². The molecule has 2 aliphatic heterocycles. The zero-order chi connectivity index (χ0) is 20.1. The molecular formula is C22H34N4O2.